The first-order valence-corrected chi connectivity index (χ1v) is 4.98. The van der Waals surface area contributed by atoms with Gasteiger partial charge in [0.1, 0.15) is 0 Å². The Labute approximate surface area is 81.5 Å². The summed E-state index contributed by atoms with van der Waals surface area (Å²) in [7, 11) is 0. The maximum absolute atomic E-state index is 12.5. The van der Waals surface area contributed by atoms with Crippen LogP contribution in [0.5, 0.6) is 0 Å². The molecule has 0 aliphatic heterocycles. The van der Waals surface area contributed by atoms with Crippen LogP contribution in [-0.4, -0.2) is 6.18 Å². The first-order chi connectivity index (χ1) is 6.55. The molecule has 0 N–H and O–H groups in total. The molecule has 2 bridgehead atoms. The topological polar surface area (TPSA) is 0 Å². The Kier molecular flexibility index (Phi) is 2.41. The van der Waals surface area contributed by atoms with E-state index in [0.717, 1.165) is 19.3 Å². The Hall–Kier alpha value is -0.730. The van der Waals surface area contributed by atoms with Gasteiger partial charge >= 0.3 is 6.18 Å². The number of halogens is 3. The molecule has 2 atom stereocenters. The minimum Gasteiger partial charge on any atom is -0.166 e. The predicted octanol–water partition coefficient (Wildman–Crippen LogP) is 3.85. The highest BCUT2D eigenvalue weighted by Crippen LogP contribution is 2.41. The lowest BCUT2D eigenvalue weighted by atomic mass is 9.81. The molecule has 2 aliphatic carbocycles. The van der Waals surface area contributed by atoms with Gasteiger partial charge in [-0.15, -0.1) is 0 Å². The summed E-state index contributed by atoms with van der Waals surface area (Å²) in [4.78, 5) is 0. The molecular weight excluding hydrogens is 189 g/mol. The van der Waals surface area contributed by atoms with Crippen LogP contribution in [-0.2, 0) is 0 Å². The van der Waals surface area contributed by atoms with Gasteiger partial charge in [-0.3, -0.25) is 0 Å². The van der Waals surface area contributed by atoms with Crippen LogP contribution in [0.1, 0.15) is 25.7 Å². The van der Waals surface area contributed by atoms with Crippen LogP contribution in [0.25, 0.3) is 0 Å². The molecule has 0 saturated carbocycles. The van der Waals surface area contributed by atoms with Gasteiger partial charge in [-0.25, -0.2) is 0 Å². The smallest absolute Gasteiger partial charge is 0.166 e. The SMILES string of the molecule is FC(F)(F)C1=C[C@H]2CC=CC[C@@H](C1)C2. The second-order valence-corrected chi connectivity index (χ2v) is 4.20. The fourth-order valence-electron chi connectivity index (χ4n) is 2.36. The normalized spacial score (nSPS) is 32.4. The minimum absolute atomic E-state index is 0.115. The first-order valence-electron chi connectivity index (χ1n) is 4.98. The molecule has 0 amide bonds. The quantitative estimate of drug-likeness (QED) is 0.523. The minimum atomic E-state index is -4.11. The molecule has 2 rings (SSSR count). The summed E-state index contributed by atoms with van der Waals surface area (Å²) in [6.07, 6.45) is 4.09. The van der Waals surface area contributed by atoms with Gasteiger partial charge in [-0.1, -0.05) is 18.2 Å². The number of hydrogen-bond donors (Lipinski definition) is 0. The van der Waals surface area contributed by atoms with Crippen LogP contribution in [0, 0.1) is 11.8 Å². The maximum Gasteiger partial charge on any atom is 0.412 e. The van der Waals surface area contributed by atoms with Crippen LogP contribution >= 0.6 is 0 Å². The zero-order valence-corrected chi connectivity index (χ0v) is 7.85. The van der Waals surface area contributed by atoms with Crippen LogP contribution < -0.4 is 0 Å². The number of fused-ring (bicyclic) bond motifs is 2. The Balaban J connectivity index is 2.20. The van der Waals surface area contributed by atoms with E-state index in [1.165, 1.54) is 6.08 Å². The lowest BCUT2D eigenvalue weighted by Gasteiger charge is -2.27. The van der Waals surface area contributed by atoms with Crippen LogP contribution in [0.4, 0.5) is 13.2 Å². The summed E-state index contributed by atoms with van der Waals surface area (Å²) in [5.74, 6) is 0.324. The van der Waals surface area contributed by atoms with Crippen LogP contribution in [0.2, 0.25) is 0 Å². The third-order valence-corrected chi connectivity index (χ3v) is 3.02. The van der Waals surface area contributed by atoms with Crippen molar-refractivity contribution in [2.24, 2.45) is 11.8 Å². The molecule has 0 spiro atoms. The second-order valence-electron chi connectivity index (χ2n) is 4.20. The van der Waals surface area contributed by atoms with Gasteiger partial charge < -0.3 is 0 Å². The van der Waals surface area contributed by atoms with Crippen molar-refractivity contribution in [1.29, 1.82) is 0 Å². The van der Waals surface area contributed by atoms with Crippen molar-refractivity contribution >= 4 is 0 Å². The lowest BCUT2D eigenvalue weighted by Crippen LogP contribution is -2.21. The third kappa shape index (κ3) is 2.02. The predicted molar refractivity (Wildman–Crippen MR) is 48.7 cm³/mol. The summed E-state index contributed by atoms with van der Waals surface area (Å²) in [6, 6.07) is 0. The monoisotopic (exact) mass is 202 g/mol. The summed E-state index contributed by atoms with van der Waals surface area (Å²) in [5, 5.41) is 0. The van der Waals surface area contributed by atoms with Crippen molar-refractivity contribution in [2.75, 3.05) is 0 Å². The molecule has 2 aliphatic rings. The van der Waals surface area contributed by atoms with Gasteiger partial charge in [0.2, 0.25) is 0 Å². The zero-order valence-electron chi connectivity index (χ0n) is 7.85. The number of alkyl halides is 3. The van der Waals surface area contributed by atoms with Gasteiger partial charge in [-0.05, 0) is 37.5 Å². The van der Waals surface area contributed by atoms with Crippen molar-refractivity contribution in [3.63, 3.8) is 0 Å². The number of allylic oxidation sites excluding steroid dienone is 4. The van der Waals surface area contributed by atoms with E-state index in [0.29, 0.717) is 0 Å². The molecule has 14 heavy (non-hydrogen) atoms. The van der Waals surface area contributed by atoms with Gasteiger partial charge in [0.25, 0.3) is 0 Å². The van der Waals surface area contributed by atoms with E-state index in [4.69, 9.17) is 0 Å². The van der Waals surface area contributed by atoms with E-state index < -0.39 is 6.18 Å². The van der Waals surface area contributed by atoms with E-state index in [-0.39, 0.29) is 23.8 Å². The summed E-state index contributed by atoms with van der Waals surface area (Å²) in [6.45, 7) is 0. The number of hydrogen-bond acceptors (Lipinski definition) is 0. The lowest BCUT2D eigenvalue weighted by molar-refractivity contribution is -0.0971. The molecule has 0 radical (unpaired) electrons. The standard InChI is InChI=1S/C11H13F3/c12-11(13,14)10-6-8-3-1-2-4-9(5-8)7-10/h1-2,6,8-9H,3-5,7H2/t8-,9+/m0/s1. The summed E-state index contributed by atoms with van der Waals surface area (Å²) in [5.41, 5.74) is -0.303. The zero-order chi connectivity index (χ0) is 10.2. The fraction of sp³-hybridized carbons (Fsp3) is 0.636. The van der Waals surface area contributed by atoms with E-state index >= 15 is 0 Å². The maximum atomic E-state index is 12.5. The molecule has 0 heterocycles. The molecule has 0 aromatic carbocycles. The van der Waals surface area contributed by atoms with Gasteiger partial charge in [-0.2, -0.15) is 13.2 Å². The van der Waals surface area contributed by atoms with Gasteiger partial charge in [0.15, 0.2) is 0 Å². The van der Waals surface area contributed by atoms with E-state index in [9.17, 15) is 13.2 Å². The third-order valence-electron chi connectivity index (χ3n) is 3.02. The van der Waals surface area contributed by atoms with Crippen LogP contribution in [0.15, 0.2) is 23.8 Å². The Morgan fingerprint density at radius 3 is 2.57 bits per heavy atom. The van der Waals surface area contributed by atoms with E-state index in [1.54, 1.807) is 0 Å². The van der Waals surface area contributed by atoms with Crippen LogP contribution in [0.3, 0.4) is 0 Å². The largest absolute Gasteiger partial charge is 0.412 e. The Bertz CT molecular complexity index is 273. The van der Waals surface area contributed by atoms with E-state index in [2.05, 4.69) is 0 Å². The second kappa shape index (κ2) is 3.44. The molecule has 0 fully saturated rings. The fourth-order valence-corrected chi connectivity index (χ4v) is 2.36. The van der Waals surface area contributed by atoms with Crippen molar-refractivity contribution in [3.05, 3.63) is 23.8 Å². The molecule has 0 aromatic heterocycles. The van der Waals surface area contributed by atoms with Gasteiger partial charge in [0.05, 0.1) is 0 Å². The number of rotatable bonds is 0. The first kappa shape index (κ1) is 9.81. The highest BCUT2D eigenvalue weighted by Gasteiger charge is 2.38. The Morgan fingerprint density at radius 1 is 1.14 bits per heavy atom. The van der Waals surface area contributed by atoms with Crippen molar-refractivity contribution in [1.82, 2.24) is 0 Å². The highest BCUT2D eigenvalue weighted by atomic mass is 19.4. The summed E-state index contributed by atoms with van der Waals surface area (Å²) < 4.78 is 37.5. The molecule has 78 valence electrons. The van der Waals surface area contributed by atoms with Crippen molar-refractivity contribution in [2.45, 2.75) is 31.9 Å². The molecule has 0 nitrogen and oxygen atoms in total. The van der Waals surface area contributed by atoms with Gasteiger partial charge in [0, 0.05) is 5.57 Å². The molecule has 0 unspecified atom stereocenters. The molecule has 3 heteroatoms. The van der Waals surface area contributed by atoms with Crippen molar-refractivity contribution in [3.8, 4) is 0 Å². The average molecular weight is 202 g/mol. The Morgan fingerprint density at radius 2 is 1.86 bits per heavy atom. The van der Waals surface area contributed by atoms with E-state index in [1.807, 2.05) is 12.2 Å². The average Bonchev–Trinajstić information content (AvgIpc) is 2.25. The molecule has 0 aromatic rings. The van der Waals surface area contributed by atoms with Crippen molar-refractivity contribution < 1.29 is 13.2 Å². The molecule has 0 saturated heterocycles. The molecular formula is C11H13F3. The highest BCUT2D eigenvalue weighted by molar-refractivity contribution is 5.17. The summed E-state index contributed by atoms with van der Waals surface area (Å²) >= 11 is 0.